The van der Waals surface area contributed by atoms with Crippen LogP contribution in [0.3, 0.4) is 0 Å². The summed E-state index contributed by atoms with van der Waals surface area (Å²) in [6.07, 6.45) is 0. The van der Waals surface area contributed by atoms with Gasteiger partial charge in [-0.25, -0.2) is 0 Å². The molecule has 2 aromatic carbocycles. The molecule has 0 bridgehead atoms. The van der Waals surface area contributed by atoms with Crippen molar-refractivity contribution >= 4 is 5.91 Å². The van der Waals surface area contributed by atoms with Crippen molar-refractivity contribution in [3.8, 4) is 11.8 Å². The van der Waals surface area contributed by atoms with Crippen molar-refractivity contribution < 1.29 is 9.53 Å². The zero-order valence-corrected chi connectivity index (χ0v) is 12.1. The molecular formula is C18H17NO2. The molecule has 0 heterocycles. The van der Waals surface area contributed by atoms with E-state index in [2.05, 4.69) is 11.8 Å². The molecule has 0 aromatic heterocycles. The van der Waals surface area contributed by atoms with E-state index < -0.39 is 11.5 Å². The number of hydrogen-bond acceptors (Lipinski definition) is 2. The zero-order valence-electron chi connectivity index (χ0n) is 12.1. The second-order valence-corrected chi connectivity index (χ2v) is 4.80. The van der Waals surface area contributed by atoms with E-state index in [0.717, 1.165) is 11.1 Å². The first-order valence-electron chi connectivity index (χ1n) is 6.59. The normalized spacial score (nSPS) is 12.9. The van der Waals surface area contributed by atoms with Crippen molar-refractivity contribution in [1.82, 2.24) is 0 Å². The topological polar surface area (TPSA) is 52.3 Å². The molecule has 2 rings (SSSR count). The highest BCUT2D eigenvalue weighted by molar-refractivity contribution is 5.84. The van der Waals surface area contributed by atoms with Gasteiger partial charge in [-0.15, -0.1) is 0 Å². The highest BCUT2D eigenvalue weighted by Gasteiger charge is 2.33. The lowest BCUT2D eigenvalue weighted by atomic mass is 9.93. The van der Waals surface area contributed by atoms with Crippen molar-refractivity contribution in [2.24, 2.45) is 5.73 Å². The van der Waals surface area contributed by atoms with E-state index in [1.807, 2.05) is 54.6 Å². The summed E-state index contributed by atoms with van der Waals surface area (Å²) in [6.45, 7) is 1.65. The number of nitrogens with two attached hydrogens (primary N) is 1. The van der Waals surface area contributed by atoms with Gasteiger partial charge in [-0.1, -0.05) is 42.2 Å². The standard InChI is InChI=1S/C18H17NO2/c1-18(21-2,17(19)20)16-10-6-9-15(13-16)12-11-14-7-4-3-5-8-14/h3-10,13H,1-2H3,(H2,19,20). The summed E-state index contributed by atoms with van der Waals surface area (Å²) in [6, 6.07) is 17.1. The summed E-state index contributed by atoms with van der Waals surface area (Å²) in [5.41, 5.74) is 6.72. The average molecular weight is 279 g/mol. The molecule has 2 aromatic rings. The van der Waals surface area contributed by atoms with Gasteiger partial charge in [0.15, 0.2) is 5.60 Å². The Balaban J connectivity index is 2.35. The van der Waals surface area contributed by atoms with Crippen LogP contribution in [0.2, 0.25) is 0 Å². The van der Waals surface area contributed by atoms with Crippen LogP contribution in [0.15, 0.2) is 54.6 Å². The maximum atomic E-state index is 11.6. The Hall–Kier alpha value is -2.57. The van der Waals surface area contributed by atoms with Gasteiger partial charge in [-0.05, 0) is 36.8 Å². The maximum absolute atomic E-state index is 11.6. The van der Waals surface area contributed by atoms with Crippen LogP contribution in [-0.4, -0.2) is 13.0 Å². The third-order valence-corrected chi connectivity index (χ3v) is 3.42. The quantitative estimate of drug-likeness (QED) is 0.877. The van der Waals surface area contributed by atoms with E-state index in [9.17, 15) is 4.79 Å². The fourth-order valence-electron chi connectivity index (χ4n) is 1.92. The molecule has 2 N–H and O–H groups in total. The Bertz CT molecular complexity index is 698. The van der Waals surface area contributed by atoms with Crippen LogP contribution in [0.1, 0.15) is 23.6 Å². The molecule has 0 radical (unpaired) electrons. The number of amides is 1. The Morgan fingerprint density at radius 3 is 2.29 bits per heavy atom. The third kappa shape index (κ3) is 3.31. The van der Waals surface area contributed by atoms with Gasteiger partial charge in [0.2, 0.25) is 0 Å². The van der Waals surface area contributed by atoms with Gasteiger partial charge in [-0.3, -0.25) is 4.79 Å². The van der Waals surface area contributed by atoms with Gasteiger partial charge in [0.25, 0.3) is 5.91 Å². The fraction of sp³-hybridized carbons (Fsp3) is 0.167. The Morgan fingerprint density at radius 1 is 1.05 bits per heavy atom. The summed E-state index contributed by atoms with van der Waals surface area (Å²) in [5, 5.41) is 0. The Kier molecular flexibility index (Phi) is 4.42. The van der Waals surface area contributed by atoms with Gasteiger partial charge in [0.1, 0.15) is 0 Å². The van der Waals surface area contributed by atoms with Gasteiger partial charge in [-0.2, -0.15) is 0 Å². The highest BCUT2D eigenvalue weighted by atomic mass is 16.5. The van der Waals surface area contributed by atoms with Crippen LogP contribution in [0.4, 0.5) is 0 Å². The number of benzene rings is 2. The summed E-state index contributed by atoms with van der Waals surface area (Å²) in [5.74, 6) is 5.63. The van der Waals surface area contributed by atoms with Gasteiger partial charge >= 0.3 is 0 Å². The molecular weight excluding hydrogens is 262 g/mol. The minimum absolute atomic E-state index is 0.529. The minimum Gasteiger partial charge on any atom is -0.367 e. The molecule has 0 saturated carbocycles. The van der Waals surface area contributed by atoms with Gasteiger partial charge in [0, 0.05) is 18.2 Å². The van der Waals surface area contributed by atoms with E-state index >= 15 is 0 Å². The molecule has 106 valence electrons. The smallest absolute Gasteiger partial charge is 0.254 e. The van der Waals surface area contributed by atoms with Crippen molar-refractivity contribution in [3.63, 3.8) is 0 Å². The molecule has 1 unspecified atom stereocenters. The van der Waals surface area contributed by atoms with Gasteiger partial charge < -0.3 is 10.5 Å². The van der Waals surface area contributed by atoms with Crippen LogP contribution in [0.5, 0.6) is 0 Å². The summed E-state index contributed by atoms with van der Waals surface area (Å²) >= 11 is 0. The number of carbonyl (C=O) groups is 1. The maximum Gasteiger partial charge on any atom is 0.254 e. The van der Waals surface area contributed by atoms with Crippen molar-refractivity contribution in [1.29, 1.82) is 0 Å². The third-order valence-electron chi connectivity index (χ3n) is 3.42. The number of primary amides is 1. The molecule has 1 atom stereocenters. The Morgan fingerprint density at radius 2 is 1.67 bits per heavy atom. The van der Waals surface area contributed by atoms with Crippen LogP contribution in [0, 0.1) is 11.8 Å². The lowest BCUT2D eigenvalue weighted by Gasteiger charge is -2.24. The second kappa shape index (κ2) is 6.25. The second-order valence-electron chi connectivity index (χ2n) is 4.80. The molecule has 0 aliphatic carbocycles. The van der Waals surface area contributed by atoms with Crippen molar-refractivity contribution in [2.75, 3.05) is 7.11 Å². The van der Waals surface area contributed by atoms with Crippen LogP contribution in [0.25, 0.3) is 0 Å². The lowest BCUT2D eigenvalue weighted by Crippen LogP contribution is -2.40. The monoisotopic (exact) mass is 279 g/mol. The molecule has 0 saturated heterocycles. The summed E-state index contributed by atoms with van der Waals surface area (Å²) in [7, 11) is 1.47. The average Bonchev–Trinajstić information content (AvgIpc) is 2.53. The van der Waals surface area contributed by atoms with Crippen molar-refractivity contribution in [3.05, 3.63) is 71.3 Å². The van der Waals surface area contributed by atoms with Crippen molar-refractivity contribution in [2.45, 2.75) is 12.5 Å². The molecule has 3 nitrogen and oxygen atoms in total. The molecule has 21 heavy (non-hydrogen) atoms. The van der Waals surface area contributed by atoms with E-state index in [-0.39, 0.29) is 0 Å². The molecule has 3 heteroatoms. The predicted molar refractivity (Wildman–Crippen MR) is 82.4 cm³/mol. The molecule has 0 fully saturated rings. The molecule has 1 amide bonds. The predicted octanol–water partition coefficient (Wildman–Crippen LogP) is 2.43. The highest BCUT2D eigenvalue weighted by Crippen LogP contribution is 2.24. The van der Waals surface area contributed by atoms with Crippen LogP contribution in [-0.2, 0) is 15.1 Å². The first-order valence-corrected chi connectivity index (χ1v) is 6.59. The molecule has 0 spiro atoms. The van der Waals surface area contributed by atoms with E-state index in [1.54, 1.807) is 6.92 Å². The SMILES string of the molecule is COC(C)(C(N)=O)c1cccc(C#Cc2ccccc2)c1. The van der Waals surface area contributed by atoms with E-state index in [4.69, 9.17) is 10.5 Å². The summed E-state index contributed by atoms with van der Waals surface area (Å²) in [4.78, 5) is 11.6. The largest absolute Gasteiger partial charge is 0.367 e. The number of ether oxygens (including phenoxy) is 1. The minimum atomic E-state index is -1.15. The van der Waals surface area contributed by atoms with Crippen LogP contribution < -0.4 is 5.73 Å². The number of methoxy groups -OCH3 is 1. The van der Waals surface area contributed by atoms with Gasteiger partial charge in [0.05, 0.1) is 0 Å². The number of carbonyl (C=O) groups excluding carboxylic acids is 1. The van der Waals surface area contributed by atoms with E-state index in [0.29, 0.717) is 5.56 Å². The van der Waals surface area contributed by atoms with E-state index in [1.165, 1.54) is 7.11 Å². The number of hydrogen-bond donors (Lipinski definition) is 1. The number of rotatable bonds is 3. The fourth-order valence-corrected chi connectivity index (χ4v) is 1.92. The molecule has 0 aliphatic heterocycles. The first kappa shape index (κ1) is 14.8. The zero-order chi connectivity index (χ0) is 15.3. The lowest BCUT2D eigenvalue weighted by molar-refractivity contribution is -0.139. The molecule has 0 aliphatic rings. The Labute approximate surface area is 124 Å². The summed E-state index contributed by atoms with van der Waals surface area (Å²) < 4.78 is 5.28. The van der Waals surface area contributed by atoms with Crippen LogP contribution >= 0.6 is 0 Å². The first-order chi connectivity index (χ1) is 10.1.